The third-order valence-electron chi connectivity index (χ3n) is 4.74. The van der Waals surface area contributed by atoms with Crippen molar-refractivity contribution in [1.82, 2.24) is 9.62 Å². The van der Waals surface area contributed by atoms with Crippen molar-refractivity contribution in [3.05, 3.63) is 54.6 Å². The summed E-state index contributed by atoms with van der Waals surface area (Å²) in [5.74, 6) is 0.984. The molecule has 0 unspecified atom stereocenters. The molecule has 0 atom stereocenters. The lowest BCUT2D eigenvalue weighted by Crippen LogP contribution is -2.42. The van der Waals surface area contributed by atoms with Gasteiger partial charge < -0.3 is 14.4 Å². The monoisotopic (exact) mass is 404 g/mol. The van der Waals surface area contributed by atoms with Crippen molar-refractivity contribution < 1.29 is 22.7 Å². The van der Waals surface area contributed by atoms with Gasteiger partial charge in [-0.1, -0.05) is 30.3 Å². The Balaban J connectivity index is 1.50. The van der Waals surface area contributed by atoms with Gasteiger partial charge in [0.15, 0.2) is 0 Å². The summed E-state index contributed by atoms with van der Waals surface area (Å²) in [6.45, 7) is 1.39. The van der Waals surface area contributed by atoms with Gasteiger partial charge in [0.2, 0.25) is 10.0 Å². The number of carbonyl (C=O) groups excluding carboxylic acids is 1. The summed E-state index contributed by atoms with van der Waals surface area (Å²) in [7, 11) is -2.21. The van der Waals surface area contributed by atoms with E-state index in [9.17, 15) is 13.2 Å². The van der Waals surface area contributed by atoms with Gasteiger partial charge in [-0.15, -0.1) is 0 Å². The molecule has 1 saturated heterocycles. The van der Waals surface area contributed by atoms with Crippen LogP contribution in [0.15, 0.2) is 59.5 Å². The van der Waals surface area contributed by atoms with E-state index >= 15 is 0 Å². The number of amides is 1. The normalized spacial score (nSPS) is 15.2. The summed E-state index contributed by atoms with van der Waals surface area (Å²) in [4.78, 5) is 14.0. The van der Waals surface area contributed by atoms with E-state index < -0.39 is 10.0 Å². The molecular weight excluding hydrogens is 380 g/mol. The number of benzene rings is 2. The predicted molar refractivity (Wildman–Crippen MR) is 105 cm³/mol. The lowest BCUT2D eigenvalue weighted by atomic mass is 9.97. The lowest BCUT2D eigenvalue weighted by Gasteiger charge is -2.31. The second kappa shape index (κ2) is 9.07. The van der Waals surface area contributed by atoms with E-state index in [2.05, 4.69) is 4.72 Å². The maximum Gasteiger partial charge on any atom is 0.415 e. The van der Waals surface area contributed by atoms with Gasteiger partial charge in [-0.3, -0.25) is 0 Å². The number of rotatable bonds is 6. The molecule has 28 heavy (non-hydrogen) atoms. The number of methoxy groups -OCH3 is 1. The number of para-hydroxylation sites is 2. The first-order valence-electron chi connectivity index (χ1n) is 9.14. The van der Waals surface area contributed by atoms with Crippen molar-refractivity contribution in [2.75, 3.05) is 26.7 Å². The fraction of sp³-hybridized carbons (Fsp3) is 0.350. The minimum absolute atomic E-state index is 0.126. The van der Waals surface area contributed by atoms with Gasteiger partial charge in [0, 0.05) is 19.6 Å². The molecule has 0 aromatic heterocycles. The molecule has 2 aromatic rings. The predicted octanol–water partition coefficient (Wildman–Crippen LogP) is 2.88. The highest BCUT2D eigenvalue weighted by atomic mass is 32.2. The van der Waals surface area contributed by atoms with Gasteiger partial charge >= 0.3 is 6.09 Å². The van der Waals surface area contributed by atoms with Crippen LogP contribution >= 0.6 is 0 Å². The zero-order chi connectivity index (χ0) is 20.0. The Morgan fingerprint density at radius 2 is 1.71 bits per heavy atom. The number of piperidine rings is 1. The highest BCUT2D eigenvalue weighted by Gasteiger charge is 2.26. The Bertz CT molecular complexity index is 894. The first kappa shape index (κ1) is 20.2. The highest BCUT2D eigenvalue weighted by molar-refractivity contribution is 7.89. The average molecular weight is 404 g/mol. The third kappa shape index (κ3) is 5.02. The molecule has 1 heterocycles. The fourth-order valence-electron chi connectivity index (χ4n) is 3.12. The van der Waals surface area contributed by atoms with E-state index in [4.69, 9.17) is 9.47 Å². The van der Waals surface area contributed by atoms with Crippen LogP contribution in [0, 0.1) is 5.92 Å². The molecule has 0 spiro atoms. The van der Waals surface area contributed by atoms with E-state index in [1.165, 1.54) is 13.2 Å². The molecule has 0 aliphatic carbocycles. The summed E-state index contributed by atoms with van der Waals surface area (Å²) in [5.41, 5.74) is 0. The number of nitrogens with one attached hydrogen (secondary N) is 1. The largest absolute Gasteiger partial charge is 0.495 e. The number of carbonyl (C=O) groups is 1. The summed E-state index contributed by atoms with van der Waals surface area (Å²) in [5, 5.41) is 0. The molecule has 3 rings (SSSR count). The molecule has 1 amide bonds. The quantitative estimate of drug-likeness (QED) is 0.800. The molecule has 1 aliphatic rings. The average Bonchev–Trinajstić information content (AvgIpc) is 2.73. The van der Waals surface area contributed by atoms with E-state index in [-0.39, 0.29) is 16.9 Å². The van der Waals surface area contributed by atoms with Crippen molar-refractivity contribution in [2.45, 2.75) is 17.7 Å². The van der Waals surface area contributed by atoms with Crippen molar-refractivity contribution in [3.63, 3.8) is 0 Å². The topological polar surface area (TPSA) is 84.9 Å². The lowest BCUT2D eigenvalue weighted by molar-refractivity contribution is 0.131. The second-order valence-electron chi connectivity index (χ2n) is 6.61. The number of nitrogens with zero attached hydrogens (tertiary/aromatic N) is 1. The van der Waals surface area contributed by atoms with Crippen LogP contribution in [0.2, 0.25) is 0 Å². The molecule has 1 fully saturated rings. The molecule has 0 bridgehead atoms. The second-order valence-corrected chi connectivity index (χ2v) is 8.35. The van der Waals surface area contributed by atoms with Crippen LogP contribution in [0.25, 0.3) is 0 Å². The van der Waals surface area contributed by atoms with Gasteiger partial charge in [0.05, 0.1) is 7.11 Å². The molecule has 2 aromatic carbocycles. The number of likely N-dealkylation sites (tertiary alicyclic amines) is 1. The number of sulfonamides is 1. The van der Waals surface area contributed by atoms with Crippen LogP contribution in [-0.4, -0.2) is 46.2 Å². The third-order valence-corrected chi connectivity index (χ3v) is 6.20. The minimum atomic E-state index is -3.65. The number of hydrogen-bond donors (Lipinski definition) is 1. The Kier molecular flexibility index (Phi) is 6.53. The van der Waals surface area contributed by atoms with Crippen molar-refractivity contribution in [3.8, 4) is 11.5 Å². The van der Waals surface area contributed by atoms with Crippen LogP contribution in [0.5, 0.6) is 11.5 Å². The van der Waals surface area contributed by atoms with Crippen LogP contribution in [0.4, 0.5) is 4.79 Å². The van der Waals surface area contributed by atoms with E-state index in [0.29, 0.717) is 44.0 Å². The van der Waals surface area contributed by atoms with E-state index in [1.54, 1.807) is 35.2 Å². The molecule has 0 radical (unpaired) electrons. The number of ether oxygens (including phenoxy) is 2. The maximum atomic E-state index is 12.6. The van der Waals surface area contributed by atoms with Crippen LogP contribution < -0.4 is 14.2 Å². The summed E-state index contributed by atoms with van der Waals surface area (Å²) in [6.07, 6.45) is 1.04. The molecule has 1 aliphatic heterocycles. The van der Waals surface area contributed by atoms with Gasteiger partial charge in [-0.2, -0.15) is 0 Å². The summed E-state index contributed by atoms with van der Waals surface area (Å²) >= 11 is 0. The Morgan fingerprint density at radius 1 is 1.07 bits per heavy atom. The summed E-state index contributed by atoms with van der Waals surface area (Å²) < 4.78 is 38.3. The number of hydrogen-bond acceptors (Lipinski definition) is 5. The van der Waals surface area contributed by atoms with Gasteiger partial charge in [-0.05, 0) is 43.0 Å². The molecule has 1 N–H and O–H groups in total. The first-order valence-corrected chi connectivity index (χ1v) is 10.6. The zero-order valence-electron chi connectivity index (χ0n) is 15.7. The summed E-state index contributed by atoms with van der Waals surface area (Å²) in [6, 6.07) is 15.5. The Labute approximate surface area is 165 Å². The molecular formula is C20H24N2O5S. The molecule has 150 valence electrons. The Morgan fingerprint density at radius 3 is 2.39 bits per heavy atom. The minimum Gasteiger partial charge on any atom is -0.495 e. The van der Waals surface area contributed by atoms with Crippen molar-refractivity contribution in [1.29, 1.82) is 0 Å². The van der Waals surface area contributed by atoms with Crippen LogP contribution in [0.1, 0.15) is 12.8 Å². The smallest absolute Gasteiger partial charge is 0.415 e. The van der Waals surface area contributed by atoms with E-state index in [1.807, 2.05) is 18.2 Å². The van der Waals surface area contributed by atoms with Crippen molar-refractivity contribution in [2.24, 2.45) is 5.92 Å². The molecule has 7 nitrogen and oxygen atoms in total. The SMILES string of the molecule is COc1ccccc1S(=O)(=O)NCC1CCN(C(=O)Oc2ccccc2)CC1. The van der Waals surface area contributed by atoms with E-state index in [0.717, 1.165) is 0 Å². The maximum absolute atomic E-state index is 12.6. The highest BCUT2D eigenvalue weighted by Crippen LogP contribution is 2.24. The first-order chi connectivity index (χ1) is 13.5. The molecule has 0 saturated carbocycles. The zero-order valence-corrected chi connectivity index (χ0v) is 16.5. The standard InChI is InChI=1S/C20H24N2O5S/c1-26-18-9-5-6-10-19(18)28(24,25)21-15-16-11-13-22(14-12-16)20(23)27-17-7-3-2-4-8-17/h2-10,16,21H,11-15H2,1H3. The van der Waals surface area contributed by atoms with Gasteiger partial charge in [-0.25, -0.2) is 17.9 Å². The fourth-order valence-corrected chi connectivity index (χ4v) is 4.40. The van der Waals surface area contributed by atoms with Gasteiger partial charge in [0.25, 0.3) is 0 Å². The molecule has 8 heteroatoms. The van der Waals surface area contributed by atoms with Crippen LogP contribution in [0.3, 0.4) is 0 Å². The van der Waals surface area contributed by atoms with Gasteiger partial charge in [0.1, 0.15) is 16.4 Å². The Hall–Kier alpha value is -2.58. The van der Waals surface area contributed by atoms with Crippen molar-refractivity contribution >= 4 is 16.1 Å². The van der Waals surface area contributed by atoms with Crippen LogP contribution in [-0.2, 0) is 10.0 Å².